The third-order valence-corrected chi connectivity index (χ3v) is 5.55. The van der Waals surface area contributed by atoms with E-state index in [9.17, 15) is 8.96 Å². The molecule has 3 aromatic carbocycles. The van der Waals surface area contributed by atoms with Crippen LogP contribution in [0.3, 0.4) is 0 Å². The predicted molar refractivity (Wildman–Crippen MR) is 116 cm³/mol. The fourth-order valence-corrected chi connectivity index (χ4v) is 4.06. The van der Waals surface area contributed by atoms with Gasteiger partial charge in [0, 0.05) is 26.2 Å². The zero-order chi connectivity index (χ0) is 21.6. The lowest BCUT2D eigenvalue weighted by Gasteiger charge is -2.23. The molecule has 0 unspecified atom stereocenters. The summed E-state index contributed by atoms with van der Waals surface area (Å²) in [6.07, 6.45) is -0.265. The van der Waals surface area contributed by atoms with Crippen LogP contribution in [0.4, 0.5) is 4.39 Å². The Kier molecular flexibility index (Phi) is 7.53. The highest BCUT2D eigenvalue weighted by Crippen LogP contribution is 2.38. The van der Waals surface area contributed by atoms with Gasteiger partial charge in [0.25, 0.3) is 0 Å². The van der Waals surface area contributed by atoms with Crippen LogP contribution < -0.4 is 5.73 Å². The van der Waals surface area contributed by atoms with E-state index in [1.54, 1.807) is 24.3 Å². The van der Waals surface area contributed by atoms with Crippen LogP contribution in [-0.4, -0.2) is 14.7 Å². The third-order valence-electron chi connectivity index (χ3n) is 4.77. The molecule has 0 saturated carbocycles. The fraction of sp³-hybridized carbons (Fsp3) is 0.217. The number of halogens is 1. The van der Waals surface area contributed by atoms with Crippen LogP contribution in [0.15, 0.2) is 72.8 Å². The van der Waals surface area contributed by atoms with E-state index in [1.165, 1.54) is 12.1 Å². The fourth-order valence-electron chi connectivity index (χ4n) is 3.38. The molecule has 0 radical (unpaired) electrons. The largest absolute Gasteiger partial charge is 0.329 e. The number of benzene rings is 3. The molecule has 0 spiro atoms. The summed E-state index contributed by atoms with van der Waals surface area (Å²) in [4.78, 5) is 20.5. The summed E-state index contributed by atoms with van der Waals surface area (Å²) in [7, 11) is -4.09. The molecule has 7 heteroatoms. The van der Waals surface area contributed by atoms with Gasteiger partial charge in [0.1, 0.15) is 5.82 Å². The van der Waals surface area contributed by atoms with Gasteiger partial charge in [-0.15, -0.1) is 0 Å². The van der Waals surface area contributed by atoms with Crippen LogP contribution in [0.25, 0.3) is 0 Å². The number of hydrogen-bond acceptors (Lipinski definition) is 3. The Morgan fingerprint density at radius 1 is 0.767 bits per heavy atom. The normalized spacial score (nSPS) is 11.8. The highest BCUT2D eigenvalue weighted by atomic mass is 31.2. The molecule has 0 heterocycles. The van der Waals surface area contributed by atoms with E-state index < -0.39 is 7.60 Å². The van der Waals surface area contributed by atoms with Gasteiger partial charge in [0.2, 0.25) is 0 Å². The highest BCUT2D eigenvalue weighted by molar-refractivity contribution is 7.50. The monoisotopic (exact) mass is 428 g/mol. The first-order valence-electron chi connectivity index (χ1n) is 9.68. The molecular formula is C23H26FN2O3P. The van der Waals surface area contributed by atoms with Crippen molar-refractivity contribution in [3.05, 3.63) is 106 Å². The zero-order valence-corrected chi connectivity index (χ0v) is 17.5. The van der Waals surface area contributed by atoms with E-state index in [1.807, 2.05) is 24.3 Å². The second-order valence-corrected chi connectivity index (χ2v) is 9.08. The van der Waals surface area contributed by atoms with E-state index in [0.29, 0.717) is 31.7 Å². The van der Waals surface area contributed by atoms with Crippen LogP contribution in [0.2, 0.25) is 0 Å². The summed E-state index contributed by atoms with van der Waals surface area (Å²) in [5, 5.41) is 0. The van der Waals surface area contributed by atoms with Gasteiger partial charge in [-0.05, 0) is 39.9 Å². The van der Waals surface area contributed by atoms with E-state index in [-0.39, 0.29) is 12.0 Å². The Labute approximate surface area is 176 Å². The Morgan fingerprint density at radius 3 is 1.83 bits per heavy atom. The van der Waals surface area contributed by atoms with Gasteiger partial charge in [-0.1, -0.05) is 60.7 Å². The number of hydrogen-bond donors (Lipinski definition) is 3. The van der Waals surface area contributed by atoms with Gasteiger partial charge >= 0.3 is 7.60 Å². The third kappa shape index (κ3) is 7.17. The van der Waals surface area contributed by atoms with Crippen molar-refractivity contribution >= 4 is 7.60 Å². The van der Waals surface area contributed by atoms with Crippen molar-refractivity contribution < 1.29 is 18.7 Å². The zero-order valence-electron chi connectivity index (χ0n) is 16.6. The summed E-state index contributed by atoms with van der Waals surface area (Å²) < 4.78 is 24.5. The number of nitrogens with zero attached hydrogens (tertiary/aromatic N) is 1. The molecule has 0 aliphatic heterocycles. The average Bonchev–Trinajstić information content (AvgIpc) is 2.70. The minimum atomic E-state index is -4.09. The second-order valence-electron chi connectivity index (χ2n) is 7.43. The van der Waals surface area contributed by atoms with Crippen LogP contribution in [0, 0.1) is 5.82 Å². The van der Waals surface area contributed by atoms with Crippen molar-refractivity contribution in [2.75, 3.05) is 0 Å². The first-order valence-corrected chi connectivity index (χ1v) is 11.5. The average molecular weight is 428 g/mol. The SMILES string of the molecule is NCc1cccc(CN(Cc2ccc(F)cc2)Cc2ccc(CP(=O)(O)O)cc2)c1. The molecule has 0 aliphatic carbocycles. The quantitative estimate of drug-likeness (QED) is 0.446. The second kappa shape index (κ2) is 10.1. The Balaban J connectivity index is 1.77. The van der Waals surface area contributed by atoms with Crippen LogP contribution in [0.1, 0.15) is 27.8 Å². The summed E-state index contributed by atoms with van der Waals surface area (Å²) in [5.41, 5.74) is 10.6. The minimum Gasteiger partial charge on any atom is -0.326 e. The molecule has 3 rings (SSSR count). The topological polar surface area (TPSA) is 86.8 Å². The standard InChI is InChI=1S/C23H26FN2O3P/c24-23-10-8-19(9-11-23)15-26(16-22-3-1-2-21(12-22)13-25)14-18-4-6-20(7-5-18)17-30(27,28)29/h1-12H,13-17,25H2,(H2,27,28,29). The molecule has 0 aliphatic rings. The van der Waals surface area contributed by atoms with Gasteiger partial charge in [0.15, 0.2) is 0 Å². The molecule has 0 atom stereocenters. The highest BCUT2D eigenvalue weighted by Gasteiger charge is 2.14. The minimum absolute atomic E-state index is 0.262. The summed E-state index contributed by atoms with van der Waals surface area (Å²) in [6.45, 7) is 2.44. The van der Waals surface area contributed by atoms with Crippen molar-refractivity contribution in [3.8, 4) is 0 Å². The summed E-state index contributed by atoms with van der Waals surface area (Å²) in [5.74, 6) is -0.262. The molecule has 3 aromatic rings. The molecule has 0 aromatic heterocycles. The molecular weight excluding hydrogens is 402 g/mol. The maximum Gasteiger partial charge on any atom is 0.329 e. The van der Waals surface area contributed by atoms with Gasteiger partial charge < -0.3 is 15.5 Å². The van der Waals surface area contributed by atoms with Gasteiger partial charge in [0.05, 0.1) is 6.16 Å². The lowest BCUT2D eigenvalue weighted by molar-refractivity contribution is 0.247. The number of rotatable bonds is 9. The Morgan fingerprint density at radius 2 is 1.27 bits per heavy atom. The van der Waals surface area contributed by atoms with Crippen LogP contribution in [0.5, 0.6) is 0 Å². The smallest absolute Gasteiger partial charge is 0.326 e. The van der Waals surface area contributed by atoms with Crippen molar-refractivity contribution in [1.82, 2.24) is 4.90 Å². The molecule has 30 heavy (non-hydrogen) atoms. The number of nitrogens with two attached hydrogens (primary N) is 1. The van der Waals surface area contributed by atoms with Crippen LogP contribution in [-0.2, 0) is 36.9 Å². The van der Waals surface area contributed by atoms with Crippen molar-refractivity contribution in [2.24, 2.45) is 5.73 Å². The molecule has 0 saturated heterocycles. The van der Waals surface area contributed by atoms with Gasteiger partial charge in [-0.3, -0.25) is 9.46 Å². The first kappa shape index (κ1) is 22.3. The molecule has 4 N–H and O–H groups in total. The van der Waals surface area contributed by atoms with E-state index in [0.717, 1.165) is 22.3 Å². The van der Waals surface area contributed by atoms with Crippen molar-refractivity contribution in [2.45, 2.75) is 32.3 Å². The van der Waals surface area contributed by atoms with E-state index in [2.05, 4.69) is 17.0 Å². The molecule has 0 amide bonds. The maximum absolute atomic E-state index is 13.3. The lowest BCUT2D eigenvalue weighted by Crippen LogP contribution is -2.22. The van der Waals surface area contributed by atoms with Crippen LogP contribution >= 0.6 is 7.60 Å². The maximum atomic E-state index is 13.3. The molecule has 0 fully saturated rings. The lowest BCUT2D eigenvalue weighted by atomic mass is 10.1. The summed E-state index contributed by atoms with van der Waals surface area (Å²) >= 11 is 0. The van der Waals surface area contributed by atoms with Crippen molar-refractivity contribution in [1.29, 1.82) is 0 Å². The van der Waals surface area contributed by atoms with E-state index in [4.69, 9.17) is 15.5 Å². The molecule has 0 bridgehead atoms. The van der Waals surface area contributed by atoms with Gasteiger partial charge in [-0.2, -0.15) is 0 Å². The first-order chi connectivity index (χ1) is 14.3. The molecule has 5 nitrogen and oxygen atoms in total. The Bertz CT molecular complexity index is 1000. The molecule has 158 valence electrons. The van der Waals surface area contributed by atoms with E-state index >= 15 is 0 Å². The Hall–Kier alpha value is -2.34. The van der Waals surface area contributed by atoms with Gasteiger partial charge in [-0.25, -0.2) is 4.39 Å². The summed E-state index contributed by atoms with van der Waals surface area (Å²) in [6, 6.07) is 21.9. The van der Waals surface area contributed by atoms with Crippen molar-refractivity contribution in [3.63, 3.8) is 0 Å². The predicted octanol–water partition coefficient (Wildman–Crippen LogP) is 4.16.